The van der Waals surface area contributed by atoms with Gasteiger partial charge in [-0.1, -0.05) is 6.07 Å². The SMILES string of the molecule is CN(CCc1ccncc1)C(=O)c1cncc(C(=O)Nc2cccc(C#N)c2)c1. The molecule has 7 nitrogen and oxygen atoms in total. The molecular formula is C22H19N5O2. The zero-order valence-corrected chi connectivity index (χ0v) is 15.9. The summed E-state index contributed by atoms with van der Waals surface area (Å²) in [6.07, 6.45) is 6.98. The van der Waals surface area contributed by atoms with Crippen molar-refractivity contribution >= 4 is 17.5 Å². The van der Waals surface area contributed by atoms with Gasteiger partial charge in [-0.15, -0.1) is 0 Å². The summed E-state index contributed by atoms with van der Waals surface area (Å²) in [7, 11) is 1.71. The Balaban J connectivity index is 1.66. The number of aromatic nitrogens is 2. The number of nitrogens with zero attached hydrogens (tertiary/aromatic N) is 4. The molecule has 0 unspecified atom stereocenters. The predicted molar refractivity (Wildman–Crippen MR) is 108 cm³/mol. The molecule has 0 saturated carbocycles. The zero-order valence-electron chi connectivity index (χ0n) is 15.9. The standard InChI is InChI=1S/C22H19N5O2/c1-27(10-7-16-5-8-24-9-6-16)22(29)19-12-18(14-25-15-19)21(28)26-20-4-2-3-17(11-20)13-23/h2-6,8-9,11-12,14-15H,7,10H2,1H3,(H,26,28). The van der Waals surface area contributed by atoms with Crippen molar-refractivity contribution < 1.29 is 9.59 Å². The third kappa shape index (κ3) is 5.23. The third-order valence-corrected chi connectivity index (χ3v) is 4.33. The number of carbonyl (C=O) groups is 2. The Morgan fingerprint density at radius 1 is 1.07 bits per heavy atom. The number of likely N-dealkylation sites (N-methyl/N-ethyl adjacent to an activating group) is 1. The highest BCUT2D eigenvalue weighted by atomic mass is 16.2. The molecule has 0 aliphatic heterocycles. The van der Waals surface area contributed by atoms with Crippen LogP contribution in [0.3, 0.4) is 0 Å². The fourth-order valence-corrected chi connectivity index (χ4v) is 2.72. The lowest BCUT2D eigenvalue weighted by molar-refractivity contribution is 0.0796. The molecular weight excluding hydrogens is 366 g/mol. The Kier molecular flexibility index (Phi) is 6.28. The molecule has 0 fully saturated rings. The highest BCUT2D eigenvalue weighted by molar-refractivity contribution is 6.05. The second-order valence-electron chi connectivity index (χ2n) is 6.44. The first-order valence-electron chi connectivity index (χ1n) is 8.98. The summed E-state index contributed by atoms with van der Waals surface area (Å²) in [5.74, 6) is -0.616. The van der Waals surface area contributed by atoms with E-state index in [2.05, 4.69) is 15.3 Å². The lowest BCUT2D eigenvalue weighted by atomic mass is 10.1. The summed E-state index contributed by atoms with van der Waals surface area (Å²) < 4.78 is 0. The van der Waals surface area contributed by atoms with Crippen molar-refractivity contribution in [2.24, 2.45) is 0 Å². The van der Waals surface area contributed by atoms with Crippen LogP contribution in [0.25, 0.3) is 0 Å². The van der Waals surface area contributed by atoms with Gasteiger partial charge in [0.05, 0.1) is 22.8 Å². The molecule has 0 aliphatic carbocycles. The van der Waals surface area contributed by atoms with Gasteiger partial charge in [-0.05, 0) is 48.4 Å². The molecule has 0 saturated heterocycles. The molecule has 0 aliphatic rings. The van der Waals surface area contributed by atoms with Crippen molar-refractivity contribution in [2.45, 2.75) is 6.42 Å². The van der Waals surface area contributed by atoms with Crippen LogP contribution >= 0.6 is 0 Å². The molecule has 0 spiro atoms. The maximum Gasteiger partial charge on any atom is 0.257 e. The minimum absolute atomic E-state index is 0.215. The Morgan fingerprint density at radius 2 is 1.83 bits per heavy atom. The van der Waals surface area contributed by atoms with Gasteiger partial charge in [-0.3, -0.25) is 19.6 Å². The van der Waals surface area contributed by atoms with Crippen LogP contribution in [0, 0.1) is 11.3 Å². The average Bonchev–Trinajstić information content (AvgIpc) is 2.77. The van der Waals surface area contributed by atoms with Gasteiger partial charge in [-0.2, -0.15) is 5.26 Å². The van der Waals surface area contributed by atoms with E-state index in [1.807, 2.05) is 18.2 Å². The lowest BCUT2D eigenvalue weighted by Gasteiger charge is -2.17. The summed E-state index contributed by atoms with van der Waals surface area (Å²) in [6.45, 7) is 0.528. The van der Waals surface area contributed by atoms with Crippen LogP contribution in [0.15, 0.2) is 67.3 Å². The number of anilines is 1. The predicted octanol–water partition coefficient (Wildman–Crippen LogP) is 2.92. The minimum atomic E-state index is -0.401. The molecule has 2 heterocycles. The van der Waals surface area contributed by atoms with E-state index < -0.39 is 5.91 Å². The number of carbonyl (C=O) groups excluding carboxylic acids is 2. The number of nitrogens with one attached hydrogen (secondary N) is 1. The maximum absolute atomic E-state index is 12.7. The number of amides is 2. The highest BCUT2D eigenvalue weighted by Crippen LogP contribution is 2.13. The Morgan fingerprint density at radius 3 is 2.59 bits per heavy atom. The lowest BCUT2D eigenvalue weighted by Crippen LogP contribution is -2.29. The maximum atomic E-state index is 12.7. The quantitative estimate of drug-likeness (QED) is 0.703. The van der Waals surface area contributed by atoms with E-state index in [-0.39, 0.29) is 11.5 Å². The van der Waals surface area contributed by atoms with Gasteiger partial charge >= 0.3 is 0 Å². The topological polar surface area (TPSA) is 99.0 Å². The molecule has 3 rings (SSSR count). The minimum Gasteiger partial charge on any atom is -0.341 e. The van der Waals surface area contributed by atoms with Crippen molar-refractivity contribution in [1.82, 2.24) is 14.9 Å². The van der Waals surface area contributed by atoms with Crippen molar-refractivity contribution in [3.8, 4) is 6.07 Å². The normalized spacial score (nSPS) is 10.1. The van der Waals surface area contributed by atoms with Gasteiger partial charge in [0.25, 0.3) is 11.8 Å². The second-order valence-corrected chi connectivity index (χ2v) is 6.44. The molecule has 144 valence electrons. The van der Waals surface area contributed by atoms with Crippen molar-refractivity contribution in [3.63, 3.8) is 0 Å². The van der Waals surface area contributed by atoms with Crippen LogP contribution in [-0.4, -0.2) is 40.3 Å². The van der Waals surface area contributed by atoms with E-state index in [4.69, 9.17) is 5.26 Å². The van der Waals surface area contributed by atoms with Crippen molar-refractivity contribution in [3.05, 3.63) is 89.5 Å². The fourth-order valence-electron chi connectivity index (χ4n) is 2.72. The van der Waals surface area contributed by atoms with Gasteiger partial charge in [0.1, 0.15) is 0 Å². The van der Waals surface area contributed by atoms with Crippen molar-refractivity contribution in [1.29, 1.82) is 5.26 Å². The van der Waals surface area contributed by atoms with Crippen molar-refractivity contribution in [2.75, 3.05) is 18.9 Å². The van der Waals surface area contributed by atoms with E-state index in [1.165, 1.54) is 18.5 Å². The monoisotopic (exact) mass is 385 g/mol. The zero-order chi connectivity index (χ0) is 20.6. The molecule has 1 N–H and O–H groups in total. The Labute approximate surface area is 168 Å². The van der Waals surface area contributed by atoms with Gasteiger partial charge in [0.2, 0.25) is 0 Å². The smallest absolute Gasteiger partial charge is 0.257 e. The summed E-state index contributed by atoms with van der Waals surface area (Å²) in [5, 5.41) is 11.7. The highest BCUT2D eigenvalue weighted by Gasteiger charge is 2.15. The first kappa shape index (κ1) is 19.7. The molecule has 0 atom stereocenters. The van der Waals surface area contributed by atoms with Crippen LogP contribution in [-0.2, 0) is 6.42 Å². The van der Waals surface area contributed by atoms with Gasteiger partial charge in [0, 0.05) is 44.1 Å². The molecule has 0 bridgehead atoms. The molecule has 2 aromatic heterocycles. The van der Waals surface area contributed by atoms with Crippen LogP contribution in [0.1, 0.15) is 31.8 Å². The molecule has 3 aromatic rings. The number of nitriles is 1. The number of benzene rings is 1. The van der Waals surface area contributed by atoms with Crippen LogP contribution in [0.4, 0.5) is 5.69 Å². The van der Waals surface area contributed by atoms with Crippen LogP contribution in [0.2, 0.25) is 0 Å². The summed E-state index contributed by atoms with van der Waals surface area (Å²) in [6, 6.07) is 14.0. The molecule has 0 radical (unpaired) electrons. The molecule has 2 amide bonds. The van der Waals surface area contributed by atoms with E-state index in [1.54, 1.807) is 48.6 Å². The van der Waals surface area contributed by atoms with E-state index in [9.17, 15) is 9.59 Å². The van der Waals surface area contributed by atoms with E-state index in [0.717, 1.165) is 5.56 Å². The molecule has 29 heavy (non-hydrogen) atoms. The van der Waals surface area contributed by atoms with Gasteiger partial charge in [-0.25, -0.2) is 0 Å². The first-order chi connectivity index (χ1) is 14.1. The van der Waals surface area contributed by atoms with E-state index in [0.29, 0.717) is 29.8 Å². The Hall–Kier alpha value is -4.05. The summed E-state index contributed by atoms with van der Waals surface area (Å²) in [5.41, 5.74) is 2.63. The second kappa shape index (κ2) is 9.24. The average molecular weight is 385 g/mol. The van der Waals surface area contributed by atoms with Crippen LogP contribution < -0.4 is 5.32 Å². The molecule has 1 aromatic carbocycles. The largest absolute Gasteiger partial charge is 0.341 e. The van der Waals surface area contributed by atoms with Gasteiger partial charge in [0.15, 0.2) is 0 Å². The number of hydrogen-bond donors (Lipinski definition) is 1. The van der Waals surface area contributed by atoms with E-state index >= 15 is 0 Å². The summed E-state index contributed by atoms with van der Waals surface area (Å²) in [4.78, 5) is 34.8. The number of pyridine rings is 2. The first-order valence-corrected chi connectivity index (χ1v) is 8.98. The molecule has 7 heteroatoms. The van der Waals surface area contributed by atoms with Crippen LogP contribution in [0.5, 0.6) is 0 Å². The van der Waals surface area contributed by atoms with Gasteiger partial charge < -0.3 is 10.2 Å². The number of hydrogen-bond acceptors (Lipinski definition) is 5. The summed E-state index contributed by atoms with van der Waals surface area (Å²) >= 11 is 0. The fraction of sp³-hybridized carbons (Fsp3) is 0.136. The number of rotatable bonds is 6. The third-order valence-electron chi connectivity index (χ3n) is 4.33. The Bertz CT molecular complexity index is 1060.